The predicted octanol–water partition coefficient (Wildman–Crippen LogP) is 3.10. The summed E-state index contributed by atoms with van der Waals surface area (Å²) < 4.78 is 5.48. The number of carbonyl (C=O) groups is 2. The van der Waals surface area contributed by atoms with E-state index in [1.165, 1.54) is 11.8 Å². The molecule has 1 N–H and O–H groups in total. The van der Waals surface area contributed by atoms with Gasteiger partial charge >= 0.3 is 0 Å². The Kier molecular flexibility index (Phi) is 7.02. The smallest absolute Gasteiger partial charge is 0.265 e. The first kappa shape index (κ1) is 20.7. The van der Waals surface area contributed by atoms with Crippen LogP contribution in [0.2, 0.25) is 0 Å². The molecule has 0 aliphatic carbocycles. The van der Waals surface area contributed by atoms with Gasteiger partial charge < -0.3 is 15.0 Å². The number of aryl methyl sites for hydroxylation is 1. The van der Waals surface area contributed by atoms with Crippen molar-refractivity contribution >= 4 is 29.3 Å². The number of carbonyl (C=O) groups excluding carboxylic acids is 2. The van der Waals surface area contributed by atoms with Crippen LogP contribution in [0, 0.1) is 6.92 Å². The molecule has 1 aromatic rings. The highest BCUT2D eigenvalue weighted by atomic mass is 32.2. The Morgan fingerprint density at radius 3 is 2.61 bits per heavy atom. The molecule has 0 aromatic heterocycles. The second-order valence-corrected chi connectivity index (χ2v) is 8.31. The number of nitrogens with zero attached hydrogens (tertiary/aromatic N) is 2. The van der Waals surface area contributed by atoms with Gasteiger partial charge in [-0.15, -0.1) is 11.8 Å². The standard InChI is InChI=1S/C21H29N3O3S/c1-4-7-23-8-10-24(11-9-23)21(26)17-6-5-15(2)18(14-17)22-20(25)19-16(3)27-12-13-28-19/h5-6,14H,4,7-13H2,1-3H3,(H,22,25). The number of hydrogen-bond acceptors (Lipinski definition) is 5. The monoisotopic (exact) mass is 403 g/mol. The molecule has 0 bridgehead atoms. The molecule has 2 aliphatic rings. The highest BCUT2D eigenvalue weighted by Gasteiger charge is 2.23. The summed E-state index contributed by atoms with van der Waals surface area (Å²) in [7, 11) is 0. The van der Waals surface area contributed by atoms with Crippen molar-refractivity contribution in [1.82, 2.24) is 9.80 Å². The zero-order chi connectivity index (χ0) is 20.1. The molecule has 2 heterocycles. The van der Waals surface area contributed by atoms with Gasteiger partial charge in [0.25, 0.3) is 11.8 Å². The molecule has 28 heavy (non-hydrogen) atoms. The lowest BCUT2D eigenvalue weighted by Crippen LogP contribution is -2.48. The lowest BCUT2D eigenvalue weighted by Gasteiger charge is -2.34. The predicted molar refractivity (Wildman–Crippen MR) is 114 cm³/mol. The van der Waals surface area contributed by atoms with Gasteiger partial charge in [-0.3, -0.25) is 14.5 Å². The molecular formula is C21H29N3O3S. The Morgan fingerprint density at radius 2 is 1.93 bits per heavy atom. The topological polar surface area (TPSA) is 61.9 Å². The lowest BCUT2D eigenvalue weighted by molar-refractivity contribution is -0.112. The van der Waals surface area contributed by atoms with Crippen molar-refractivity contribution in [1.29, 1.82) is 0 Å². The average molecular weight is 404 g/mol. The Morgan fingerprint density at radius 1 is 1.18 bits per heavy atom. The number of anilines is 1. The molecule has 2 amide bonds. The first-order valence-electron chi connectivity index (χ1n) is 9.89. The van der Waals surface area contributed by atoms with Gasteiger partial charge in [-0.05, 0) is 44.5 Å². The van der Waals surface area contributed by atoms with Crippen LogP contribution in [0.4, 0.5) is 5.69 Å². The third-order valence-electron chi connectivity index (χ3n) is 5.11. The molecular weight excluding hydrogens is 374 g/mol. The molecule has 0 spiro atoms. The molecule has 2 aliphatic heterocycles. The molecule has 1 fully saturated rings. The number of piperazine rings is 1. The van der Waals surface area contributed by atoms with Gasteiger partial charge in [0.1, 0.15) is 10.7 Å². The summed E-state index contributed by atoms with van der Waals surface area (Å²) in [4.78, 5) is 30.5. The van der Waals surface area contributed by atoms with E-state index in [0.29, 0.717) is 28.5 Å². The molecule has 3 rings (SSSR count). The molecule has 152 valence electrons. The van der Waals surface area contributed by atoms with Crippen LogP contribution >= 0.6 is 11.8 Å². The van der Waals surface area contributed by atoms with Crippen molar-refractivity contribution in [2.75, 3.05) is 50.4 Å². The third kappa shape index (κ3) is 4.89. The van der Waals surface area contributed by atoms with Gasteiger partial charge in [0, 0.05) is 43.2 Å². The van der Waals surface area contributed by atoms with E-state index in [1.54, 1.807) is 6.07 Å². The van der Waals surface area contributed by atoms with Crippen LogP contribution in [0.1, 0.15) is 36.2 Å². The van der Waals surface area contributed by atoms with Gasteiger partial charge in [0.15, 0.2) is 0 Å². The van der Waals surface area contributed by atoms with E-state index in [1.807, 2.05) is 30.9 Å². The number of benzene rings is 1. The summed E-state index contributed by atoms with van der Waals surface area (Å²) in [6, 6.07) is 5.52. The molecule has 0 unspecified atom stereocenters. The minimum absolute atomic E-state index is 0.0254. The summed E-state index contributed by atoms with van der Waals surface area (Å²) in [5.74, 6) is 1.27. The van der Waals surface area contributed by atoms with Crippen molar-refractivity contribution in [2.24, 2.45) is 0 Å². The van der Waals surface area contributed by atoms with E-state index < -0.39 is 0 Å². The van der Waals surface area contributed by atoms with Crippen LogP contribution in [0.5, 0.6) is 0 Å². The fourth-order valence-electron chi connectivity index (χ4n) is 3.47. The Labute approximate surface area is 171 Å². The van der Waals surface area contributed by atoms with Gasteiger partial charge in [-0.25, -0.2) is 0 Å². The first-order valence-corrected chi connectivity index (χ1v) is 10.9. The maximum atomic E-state index is 12.9. The maximum Gasteiger partial charge on any atom is 0.265 e. The summed E-state index contributed by atoms with van der Waals surface area (Å²) in [5, 5.41) is 2.96. The Hall–Kier alpha value is -1.99. The number of hydrogen-bond donors (Lipinski definition) is 1. The normalized spacial score (nSPS) is 18.0. The van der Waals surface area contributed by atoms with Gasteiger partial charge in [-0.2, -0.15) is 0 Å². The first-order chi connectivity index (χ1) is 13.5. The Bertz CT molecular complexity index is 770. The van der Waals surface area contributed by atoms with E-state index in [9.17, 15) is 9.59 Å². The van der Waals surface area contributed by atoms with Gasteiger partial charge in [-0.1, -0.05) is 13.0 Å². The number of rotatable bonds is 5. The van der Waals surface area contributed by atoms with Gasteiger partial charge in [0.2, 0.25) is 0 Å². The summed E-state index contributed by atoms with van der Waals surface area (Å²) in [6.07, 6.45) is 1.13. The van der Waals surface area contributed by atoms with Crippen LogP contribution in [-0.4, -0.2) is 66.7 Å². The highest BCUT2D eigenvalue weighted by Crippen LogP contribution is 2.27. The second-order valence-electron chi connectivity index (χ2n) is 7.20. The quantitative estimate of drug-likeness (QED) is 0.819. The largest absolute Gasteiger partial charge is 0.496 e. The van der Waals surface area contributed by atoms with Crippen molar-refractivity contribution in [3.05, 3.63) is 40.0 Å². The fraction of sp³-hybridized carbons (Fsp3) is 0.524. The van der Waals surface area contributed by atoms with Crippen LogP contribution < -0.4 is 5.32 Å². The van der Waals surface area contributed by atoms with Crippen molar-refractivity contribution < 1.29 is 14.3 Å². The zero-order valence-corrected chi connectivity index (χ0v) is 17.7. The third-order valence-corrected chi connectivity index (χ3v) is 6.24. The average Bonchev–Trinajstić information content (AvgIpc) is 2.70. The molecule has 0 atom stereocenters. The summed E-state index contributed by atoms with van der Waals surface area (Å²) >= 11 is 1.50. The number of thioether (sulfide) groups is 1. The van der Waals surface area contributed by atoms with Crippen molar-refractivity contribution in [2.45, 2.75) is 27.2 Å². The van der Waals surface area contributed by atoms with Crippen LogP contribution in [-0.2, 0) is 9.53 Å². The highest BCUT2D eigenvalue weighted by molar-refractivity contribution is 8.04. The Balaban J connectivity index is 1.69. The molecule has 1 saturated heterocycles. The molecule has 7 heteroatoms. The van der Waals surface area contributed by atoms with E-state index >= 15 is 0 Å². The number of ether oxygens (including phenoxy) is 1. The summed E-state index contributed by atoms with van der Waals surface area (Å²) in [5.41, 5.74) is 2.22. The molecule has 0 radical (unpaired) electrons. The van der Waals surface area contributed by atoms with Crippen LogP contribution in [0.3, 0.4) is 0 Å². The number of amides is 2. The SMILES string of the molecule is CCCN1CCN(C(=O)c2ccc(C)c(NC(=O)C3=C(C)OCCS3)c2)CC1. The van der Waals surface area contributed by atoms with E-state index in [4.69, 9.17) is 4.74 Å². The van der Waals surface area contributed by atoms with Crippen molar-refractivity contribution in [3.63, 3.8) is 0 Å². The molecule has 6 nitrogen and oxygen atoms in total. The summed E-state index contributed by atoms with van der Waals surface area (Å²) in [6.45, 7) is 10.9. The fourth-order valence-corrected chi connectivity index (χ4v) is 4.29. The lowest BCUT2D eigenvalue weighted by atomic mass is 10.1. The van der Waals surface area contributed by atoms with Crippen LogP contribution in [0.15, 0.2) is 28.9 Å². The number of nitrogens with one attached hydrogen (secondary N) is 1. The van der Waals surface area contributed by atoms with E-state index in [0.717, 1.165) is 50.5 Å². The van der Waals surface area contributed by atoms with Crippen LogP contribution in [0.25, 0.3) is 0 Å². The molecule has 1 aromatic carbocycles. The van der Waals surface area contributed by atoms with Crippen molar-refractivity contribution in [3.8, 4) is 0 Å². The minimum atomic E-state index is -0.178. The maximum absolute atomic E-state index is 12.9. The number of allylic oxidation sites excluding steroid dienone is 1. The second kappa shape index (κ2) is 9.47. The molecule has 0 saturated carbocycles. The minimum Gasteiger partial charge on any atom is -0.496 e. The zero-order valence-electron chi connectivity index (χ0n) is 16.9. The van der Waals surface area contributed by atoms with E-state index in [-0.39, 0.29) is 11.8 Å². The van der Waals surface area contributed by atoms with E-state index in [2.05, 4.69) is 17.1 Å². The van der Waals surface area contributed by atoms with Gasteiger partial charge in [0.05, 0.1) is 6.61 Å².